The van der Waals surface area contributed by atoms with Gasteiger partial charge >= 0.3 is 6.03 Å². The quantitative estimate of drug-likeness (QED) is 0.464. The molecule has 1 fully saturated rings. The first kappa shape index (κ1) is 22.3. The molecule has 1 aliphatic rings. The monoisotopic (exact) mass is 447 g/mol. The van der Waals surface area contributed by atoms with Gasteiger partial charge in [0.15, 0.2) is 5.82 Å². The van der Waals surface area contributed by atoms with Crippen LogP contribution >= 0.6 is 0 Å². The molecule has 1 saturated heterocycles. The predicted octanol–water partition coefficient (Wildman–Crippen LogP) is 3.22. The number of H-pyrrole nitrogens is 1. The number of nitrogens with zero attached hydrogens (tertiary/aromatic N) is 3. The minimum atomic E-state index is -0.242. The van der Waals surface area contributed by atoms with Crippen LogP contribution in [0, 0.1) is 0 Å². The highest BCUT2D eigenvalue weighted by molar-refractivity contribution is 6.04. The van der Waals surface area contributed by atoms with Crippen molar-refractivity contribution >= 4 is 29.1 Å². The SMILES string of the molecule is CCNC(=O)Nc1ccc(-c2cc(NC(=O)c3ccc(N4CCN(C)CC4)cc3)n[nH]2)cc1. The molecule has 2 heterocycles. The summed E-state index contributed by atoms with van der Waals surface area (Å²) in [5, 5.41) is 15.4. The zero-order valence-corrected chi connectivity index (χ0v) is 18.9. The van der Waals surface area contributed by atoms with Gasteiger partial charge in [0.25, 0.3) is 5.91 Å². The molecule has 9 heteroatoms. The fourth-order valence-electron chi connectivity index (χ4n) is 3.68. The largest absolute Gasteiger partial charge is 0.369 e. The molecule has 4 N–H and O–H groups in total. The number of aromatic nitrogens is 2. The van der Waals surface area contributed by atoms with Gasteiger partial charge in [0.2, 0.25) is 0 Å². The number of carbonyl (C=O) groups is 2. The number of piperazine rings is 1. The molecule has 9 nitrogen and oxygen atoms in total. The second-order valence-corrected chi connectivity index (χ2v) is 8.02. The van der Waals surface area contributed by atoms with E-state index in [0.717, 1.165) is 43.1 Å². The van der Waals surface area contributed by atoms with Gasteiger partial charge in [-0.15, -0.1) is 0 Å². The van der Waals surface area contributed by atoms with Crippen molar-refractivity contribution < 1.29 is 9.59 Å². The van der Waals surface area contributed by atoms with Crippen LogP contribution in [0.15, 0.2) is 54.6 Å². The van der Waals surface area contributed by atoms with Crippen molar-refractivity contribution in [1.82, 2.24) is 20.4 Å². The van der Waals surface area contributed by atoms with Crippen molar-refractivity contribution in [2.75, 3.05) is 55.3 Å². The Kier molecular flexibility index (Phi) is 6.89. The third-order valence-corrected chi connectivity index (χ3v) is 5.61. The van der Waals surface area contributed by atoms with Crippen molar-refractivity contribution in [3.63, 3.8) is 0 Å². The Bertz CT molecular complexity index is 1080. The number of likely N-dealkylation sites (N-methyl/N-ethyl adjacent to an activating group) is 1. The van der Waals surface area contributed by atoms with Gasteiger partial charge in [0, 0.05) is 55.7 Å². The summed E-state index contributed by atoms with van der Waals surface area (Å²) in [5.74, 6) is 0.238. The van der Waals surface area contributed by atoms with E-state index in [0.29, 0.717) is 23.6 Å². The van der Waals surface area contributed by atoms with E-state index in [-0.39, 0.29) is 11.9 Å². The molecule has 0 bridgehead atoms. The van der Waals surface area contributed by atoms with Crippen LogP contribution in [0.2, 0.25) is 0 Å². The molecule has 3 aromatic rings. The Morgan fingerprint density at radius 2 is 1.67 bits per heavy atom. The van der Waals surface area contributed by atoms with Gasteiger partial charge in [-0.25, -0.2) is 4.79 Å². The first-order valence-electron chi connectivity index (χ1n) is 11.1. The van der Waals surface area contributed by atoms with E-state index in [2.05, 4.69) is 43.0 Å². The fraction of sp³-hybridized carbons (Fsp3) is 0.292. The average Bonchev–Trinajstić information content (AvgIpc) is 3.29. The highest BCUT2D eigenvalue weighted by Crippen LogP contribution is 2.23. The first-order chi connectivity index (χ1) is 16.0. The van der Waals surface area contributed by atoms with Crippen molar-refractivity contribution in [3.8, 4) is 11.3 Å². The van der Waals surface area contributed by atoms with Gasteiger partial charge in [0.05, 0.1) is 5.69 Å². The van der Waals surface area contributed by atoms with Crippen molar-refractivity contribution in [1.29, 1.82) is 0 Å². The Labute approximate surface area is 193 Å². The smallest absolute Gasteiger partial charge is 0.319 e. The first-order valence-corrected chi connectivity index (χ1v) is 11.1. The lowest BCUT2D eigenvalue weighted by molar-refractivity contribution is 0.102. The maximum Gasteiger partial charge on any atom is 0.319 e. The maximum atomic E-state index is 12.7. The Balaban J connectivity index is 1.35. The second kappa shape index (κ2) is 10.2. The van der Waals surface area contributed by atoms with E-state index >= 15 is 0 Å². The fourth-order valence-corrected chi connectivity index (χ4v) is 3.68. The Morgan fingerprint density at radius 1 is 0.970 bits per heavy atom. The molecule has 1 aromatic heterocycles. The Morgan fingerprint density at radius 3 is 2.33 bits per heavy atom. The van der Waals surface area contributed by atoms with Crippen LogP contribution in [0.5, 0.6) is 0 Å². The molecule has 0 aliphatic carbocycles. The molecule has 172 valence electrons. The van der Waals surface area contributed by atoms with Crippen molar-refractivity contribution in [3.05, 3.63) is 60.2 Å². The van der Waals surface area contributed by atoms with Crippen LogP contribution in [0.1, 0.15) is 17.3 Å². The topological polar surface area (TPSA) is 105 Å². The Hall–Kier alpha value is -3.85. The second-order valence-electron chi connectivity index (χ2n) is 8.02. The summed E-state index contributed by atoms with van der Waals surface area (Å²) in [7, 11) is 2.13. The zero-order chi connectivity index (χ0) is 23.2. The number of benzene rings is 2. The summed E-state index contributed by atoms with van der Waals surface area (Å²) >= 11 is 0. The van der Waals surface area contributed by atoms with Crippen LogP contribution in [0.4, 0.5) is 22.0 Å². The maximum absolute atomic E-state index is 12.7. The summed E-state index contributed by atoms with van der Waals surface area (Å²) in [6.07, 6.45) is 0. The lowest BCUT2D eigenvalue weighted by Gasteiger charge is -2.34. The van der Waals surface area contributed by atoms with Gasteiger partial charge in [-0.2, -0.15) is 5.10 Å². The normalized spacial score (nSPS) is 14.1. The number of urea groups is 1. The molecule has 4 rings (SSSR count). The van der Waals surface area contributed by atoms with Gasteiger partial charge in [-0.05, 0) is 55.9 Å². The third kappa shape index (κ3) is 5.69. The van der Waals surface area contributed by atoms with Gasteiger partial charge < -0.3 is 25.8 Å². The van der Waals surface area contributed by atoms with Gasteiger partial charge in [0.1, 0.15) is 0 Å². The summed E-state index contributed by atoms with van der Waals surface area (Å²) in [6.45, 7) is 6.48. The van der Waals surface area contributed by atoms with Crippen LogP contribution in [0.3, 0.4) is 0 Å². The lowest BCUT2D eigenvalue weighted by Crippen LogP contribution is -2.44. The molecule has 0 unspecified atom stereocenters. The molecule has 0 saturated carbocycles. The predicted molar refractivity (Wildman–Crippen MR) is 131 cm³/mol. The molecule has 0 radical (unpaired) electrons. The van der Waals surface area contributed by atoms with E-state index in [1.807, 2.05) is 55.5 Å². The minimum absolute atomic E-state index is 0.209. The lowest BCUT2D eigenvalue weighted by atomic mass is 10.1. The van der Waals surface area contributed by atoms with Crippen LogP contribution in [-0.2, 0) is 0 Å². The summed E-state index contributed by atoms with van der Waals surface area (Å²) in [6, 6.07) is 16.6. The number of hydrogen-bond donors (Lipinski definition) is 4. The minimum Gasteiger partial charge on any atom is -0.369 e. The van der Waals surface area contributed by atoms with Crippen LogP contribution in [-0.4, -0.2) is 66.8 Å². The zero-order valence-electron chi connectivity index (χ0n) is 18.9. The third-order valence-electron chi connectivity index (χ3n) is 5.61. The van der Waals surface area contributed by atoms with Crippen LogP contribution < -0.4 is 20.9 Å². The number of carbonyl (C=O) groups excluding carboxylic acids is 2. The average molecular weight is 448 g/mol. The molecule has 3 amide bonds. The van der Waals surface area contributed by atoms with E-state index < -0.39 is 0 Å². The molecule has 0 spiro atoms. The van der Waals surface area contributed by atoms with Crippen molar-refractivity contribution in [2.24, 2.45) is 0 Å². The van der Waals surface area contributed by atoms with E-state index in [1.165, 1.54) is 0 Å². The summed E-state index contributed by atoms with van der Waals surface area (Å²) in [5.41, 5.74) is 4.06. The number of hydrogen-bond acceptors (Lipinski definition) is 5. The summed E-state index contributed by atoms with van der Waals surface area (Å²) in [4.78, 5) is 28.9. The van der Waals surface area contributed by atoms with Crippen LogP contribution in [0.25, 0.3) is 11.3 Å². The van der Waals surface area contributed by atoms with Gasteiger partial charge in [-0.3, -0.25) is 9.89 Å². The highest BCUT2D eigenvalue weighted by atomic mass is 16.2. The molecule has 0 atom stereocenters. The number of anilines is 3. The van der Waals surface area contributed by atoms with Crippen molar-refractivity contribution in [2.45, 2.75) is 6.92 Å². The van der Waals surface area contributed by atoms with Gasteiger partial charge in [-0.1, -0.05) is 12.1 Å². The van der Waals surface area contributed by atoms with E-state index in [9.17, 15) is 9.59 Å². The molecular weight excluding hydrogens is 418 g/mol. The number of rotatable bonds is 6. The highest BCUT2D eigenvalue weighted by Gasteiger charge is 2.15. The number of amides is 3. The van der Waals surface area contributed by atoms with E-state index in [4.69, 9.17) is 0 Å². The molecule has 1 aliphatic heterocycles. The molecular formula is C24H29N7O2. The standard InChI is InChI=1S/C24H29N7O2/c1-3-25-24(33)26-19-8-4-17(5-9-19)21-16-22(29-28-21)27-23(32)18-6-10-20(11-7-18)31-14-12-30(2)13-15-31/h4-11,16H,3,12-15H2,1-2H3,(H2,25,26,33)(H2,27,28,29,32). The number of nitrogens with one attached hydrogen (secondary N) is 4. The summed E-state index contributed by atoms with van der Waals surface area (Å²) < 4.78 is 0. The molecule has 33 heavy (non-hydrogen) atoms. The molecule has 2 aromatic carbocycles. The van der Waals surface area contributed by atoms with E-state index in [1.54, 1.807) is 6.07 Å². The number of aromatic amines is 1.